The number of aromatic nitrogens is 3. The van der Waals surface area contributed by atoms with Crippen molar-refractivity contribution in [2.24, 2.45) is 7.05 Å². The third kappa shape index (κ3) is 1.42. The SMILES string of the molecule is CCc1nnc(C(C)C)n1C. The van der Waals surface area contributed by atoms with Crippen LogP contribution in [0.15, 0.2) is 0 Å². The summed E-state index contributed by atoms with van der Waals surface area (Å²) in [6, 6.07) is 0. The fourth-order valence-corrected chi connectivity index (χ4v) is 1.19. The number of aryl methyl sites for hydroxylation is 1. The molecule has 0 aromatic carbocycles. The zero-order chi connectivity index (χ0) is 8.43. The molecule has 62 valence electrons. The van der Waals surface area contributed by atoms with Crippen LogP contribution >= 0.6 is 0 Å². The van der Waals surface area contributed by atoms with Crippen molar-refractivity contribution in [3.8, 4) is 0 Å². The van der Waals surface area contributed by atoms with E-state index < -0.39 is 0 Å². The summed E-state index contributed by atoms with van der Waals surface area (Å²) in [5.41, 5.74) is 0. The van der Waals surface area contributed by atoms with Crippen molar-refractivity contribution in [2.45, 2.75) is 33.1 Å². The third-order valence-electron chi connectivity index (χ3n) is 1.83. The van der Waals surface area contributed by atoms with Crippen molar-refractivity contribution in [3.05, 3.63) is 11.6 Å². The minimum Gasteiger partial charge on any atom is -0.318 e. The first-order valence-corrected chi connectivity index (χ1v) is 4.05. The van der Waals surface area contributed by atoms with Gasteiger partial charge in [0, 0.05) is 19.4 Å². The quantitative estimate of drug-likeness (QED) is 0.644. The standard InChI is InChI=1S/C8H15N3/c1-5-7-9-10-8(6(2)3)11(7)4/h6H,5H2,1-4H3. The molecule has 0 saturated heterocycles. The lowest BCUT2D eigenvalue weighted by atomic mass is 10.2. The highest BCUT2D eigenvalue weighted by atomic mass is 15.3. The normalized spacial score (nSPS) is 11.0. The van der Waals surface area contributed by atoms with Crippen LogP contribution in [-0.4, -0.2) is 14.8 Å². The molecule has 0 aliphatic heterocycles. The molecule has 0 radical (unpaired) electrons. The summed E-state index contributed by atoms with van der Waals surface area (Å²) in [5.74, 6) is 2.60. The third-order valence-corrected chi connectivity index (χ3v) is 1.83. The lowest BCUT2D eigenvalue weighted by molar-refractivity contribution is 0.691. The topological polar surface area (TPSA) is 30.7 Å². The Morgan fingerprint density at radius 1 is 1.36 bits per heavy atom. The summed E-state index contributed by atoms with van der Waals surface area (Å²) in [6.07, 6.45) is 0.955. The van der Waals surface area contributed by atoms with E-state index in [1.807, 2.05) is 7.05 Å². The minimum absolute atomic E-state index is 0.466. The van der Waals surface area contributed by atoms with Gasteiger partial charge in [-0.2, -0.15) is 0 Å². The van der Waals surface area contributed by atoms with Gasteiger partial charge in [0.15, 0.2) is 0 Å². The highest BCUT2D eigenvalue weighted by Gasteiger charge is 2.09. The van der Waals surface area contributed by atoms with Crippen LogP contribution in [0.1, 0.15) is 38.3 Å². The molecule has 0 atom stereocenters. The molecule has 1 rings (SSSR count). The van der Waals surface area contributed by atoms with Gasteiger partial charge in [0.2, 0.25) is 0 Å². The van der Waals surface area contributed by atoms with Crippen LogP contribution in [0.2, 0.25) is 0 Å². The molecule has 0 unspecified atom stereocenters. The van der Waals surface area contributed by atoms with Crippen molar-refractivity contribution < 1.29 is 0 Å². The van der Waals surface area contributed by atoms with E-state index in [1.165, 1.54) is 0 Å². The number of hydrogen-bond acceptors (Lipinski definition) is 2. The van der Waals surface area contributed by atoms with Gasteiger partial charge < -0.3 is 4.57 Å². The Hall–Kier alpha value is -0.860. The molecular formula is C8H15N3. The summed E-state index contributed by atoms with van der Waals surface area (Å²) in [6.45, 7) is 6.35. The van der Waals surface area contributed by atoms with Crippen LogP contribution in [0.5, 0.6) is 0 Å². The summed E-state index contributed by atoms with van der Waals surface area (Å²) < 4.78 is 2.07. The van der Waals surface area contributed by atoms with Gasteiger partial charge in [-0.15, -0.1) is 10.2 Å². The summed E-state index contributed by atoms with van der Waals surface area (Å²) in [7, 11) is 2.02. The van der Waals surface area contributed by atoms with E-state index in [4.69, 9.17) is 0 Å². The maximum Gasteiger partial charge on any atom is 0.135 e. The zero-order valence-corrected chi connectivity index (χ0v) is 7.63. The fourth-order valence-electron chi connectivity index (χ4n) is 1.19. The van der Waals surface area contributed by atoms with Gasteiger partial charge in [-0.25, -0.2) is 0 Å². The van der Waals surface area contributed by atoms with E-state index in [0.717, 1.165) is 18.1 Å². The number of hydrogen-bond donors (Lipinski definition) is 0. The number of nitrogens with zero attached hydrogens (tertiary/aromatic N) is 3. The zero-order valence-electron chi connectivity index (χ0n) is 7.63. The molecule has 0 spiro atoms. The van der Waals surface area contributed by atoms with Crippen molar-refractivity contribution in [1.82, 2.24) is 14.8 Å². The van der Waals surface area contributed by atoms with E-state index in [9.17, 15) is 0 Å². The Morgan fingerprint density at radius 2 is 2.00 bits per heavy atom. The van der Waals surface area contributed by atoms with E-state index in [-0.39, 0.29) is 0 Å². The van der Waals surface area contributed by atoms with Crippen LogP contribution < -0.4 is 0 Å². The first kappa shape index (κ1) is 8.24. The molecule has 3 heteroatoms. The lowest BCUT2D eigenvalue weighted by Crippen LogP contribution is -2.02. The molecule has 0 aliphatic rings. The summed E-state index contributed by atoms with van der Waals surface area (Å²) in [5, 5.41) is 8.17. The average Bonchev–Trinajstić information content (AvgIpc) is 2.30. The largest absolute Gasteiger partial charge is 0.318 e. The average molecular weight is 153 g/mol. The van der Waals surface area contributed by atoms with Crippen molar-refractivity contribution >= 4 is 0 Å². The minimum atomic E-state index is 0.466. The van der Waals surface area contributed by atoms with Crippen molar-refractivity contribution in [3.63, 3.8) is 0 Å². The maximum absolute atomic E-state index is 4.10. The molecule has 0 saturated carbocycles. The van der Waals surface area contributed by atoms with Gasteiger partial charge in [-0.1, -0.05) is 20.8 Å². The molecule has 0 aliphatic carbocycles. The van der Waals surface area contributed by atoms with Gasteiger partial charge in [0.25, 0.3) is 0 Å². The molecular weight excluding hydrogens is 138 g/mol. The molecule has 3 nitrogen and oxygen atoms in total. The first-order chi connectivity index (χ1) is 5.16. The van der Waals surface area contributed by atoms with Crippen LogP contribution in [0, 0.1) is 0 Å². The van der Waals surface area contributed by atoms with Crippen LogP contribution in [-0.2, 0) is 13.5 Å². The van der Waals surface area contributed by atoms with E-state index in [1.54, 1.807) is 0 Å². The molecule has 1 aromatic rings. The molecule has 0 bridgehead atoms. The van der Waals surface area contributed by atoms with Crippen LogP contribution in [0.25, 0.3) is 0 Å². The first-order valence-electron chi connectivity index (χ1n) is 4.05. The summed E-state index contributed by atoms with van der Waals surface area (Å²) in [4.78, 5) is 0. The smallest absolute Gasteiger partial charge is 0.135 e. The fraction of sp³-hybridized carbons (Fsp3) is 0.750. The van der Waals surface area contributed by atoms with Gasteiger partial charge in [0.1, 0.15) is 11.6 Å². The molecule has 0 N–H and O–H groups in total. The Labute approximate surface area is 67.4 Å². The van der Waals surface area contributed by atoms with Crippen LogP contribution in [0.4, 0.5) is 0 Å². The highest BCUT2D eigenvalue weighted by molar-refractivity contribution is 4.98. The van der Waals surface area contributed by atoms with Gasteiger partial charge in [0.05, 0.1) is 0 Å². The van der Waals surface area contributed by atoms with Gasteiger partial charge >= 0.3 is 0 Å². The number of rotatable bonds is 2. The molecule has 0 amide bonds. The Bertz CT molecular complexity index is 237. The van der Waals surface area contributed by atoms with E-state index >= 15 is 0 Å². The van der Waals surface area contributed by atoms with Gasteiger partial charge in [-0.3, -0.25) is 0 Å². The second-order valence-corrected chi connectivity index (χ2v) is 3.04. The molecule has 1 aromatic heterocycles. The van der Waals surface area contributed by atoms with E-state index in [2.05, 4.69) is 35.5 Å². The second kappa shape index (κ2) is 3.03. The molecule has 1 heterocycles. The van der Waals surface area contributed by atoms with Crippen molar-refractivity contribution in [2.75, 3.05) is 0 Å². The second-order valence-electron chi connectivity index (χ2n) is 3.04. The predicted octanol–water partition coefficient (Wildman–Crippen LogP) is 1.50. The maximum atomic E-state index is 4.10. The molecule has 11 heavy (non-hydrogen) atoms. The predicted molar refractivity (Wildman–Crippen MR) is 44.5 cm³/mol. The lowest BCUT2D eigenvalue weighted by Gasteiger charge is -2.03. The summed E-state index contributed by atoms with van der Waals surface area (Å²) >= 11 is 0. The molecule has 0 fully saturated rings. The Balaban J connectivity index is 3.00. The Kier molecular flexibility index (Phi) is 2.27. The highest BCUT2D eigenvalue weighted by Crippen LogP contribution is 2.11. The Morgan fingerprint density at radius 3 is 2.27 bits per heavy atom. The monoisotopic (exact) mass is 153 g/mol. The van der Waals surface area contributed by atoms with Crippen molar-refractivity contribution in [1.29, 1.82) is 0 Å². The van der Waals surface area contributed by atoms with Gasteiger partial charge in [-0.05, 0) is 0 Å². The van der Waals surface area contributed by atoms with Crippen LogP contribution in [0.3, 0.4) is 0 Å². The van der Waals surface area contributed by atoms with E-state index in [0.29, 0.717) is 5.92 Å².